The predicted molar refractivity (Wildman–Crippen MR) is 56.4 cm³/mol. The van der Waals surface area contributed by atoms with Crippen molar-refractivity contribution in [2.75, 3.05) is 0 Å². The summed E-state index contributed by atoms with van der Waals surface area (Å²) in [6.07, 6.45) is 2.35. The molecule has 1 aromatic carbocycles. The average Bonchev–Trinajstić information content (AvgIpc) is 2.87. The minimum Gasteiger partial charge on any atom is -0.388 e. The Morgan fingerprint density at radius 3 is 2.79 bits per heavy atom. The Labute approximate surface area is 91.1 Å². The summed E-state index contributed by atoms with van der Waals surface area (Å²) < 4.78 is 14.0. The minimum atomic E-state index is -0.668. The van der Waals surface area contributed by atoms with Gasteiger partial charge in [0.15, 0.2) is 0 Å². The molecule has 1 atom stereocenters. The summed E-state index contributed by atoms with van der Waals surface area (Å²) >= 11 is 3.26. The van der Waals surface area contributed by atoms with Gasteiger partial charge in [-0.05, 0) is 24.5 Å². The number of halogens is 2. The molecule has 0 radical (unpaired) electrons. The van der Waals surface area contributed by atoms with E-state index in [1.54, 1.807) is 12.1 Å². The zero-order valence-electron chi connectivity index (χ0n) is 7.71. The van der Waals surface area contributed by atoms with Crippen LogP contribution in [-0.4, -0.2) is 5.11 Å². The van der Waals surface area contributed by atoms with Crippen LogP contribution in [0.25, 0.3) is 0 Å². The fourth-order valence-corrected chi connectivity index (χ4v) is 2.22. The zero-order chi connectivity index (χ0) is 10.1. The molecule has 0 amide bonds. The smallest absolute Gasteiger partial charge is 0.130 e. The first-order chi connectivity index (χ1) is 6.68. The molecule has 0 aromatic heterocycles. The van der Waals surface area contributed by atoms with Crippen LogP contribution in [-0.2, 0) is 0 Å². The molecule has 3 heteroatoms. The van der Waals surface area contributed by atoms with Crippen LogP contribution in [0, 0.1) is 11.7 Å². The third-order valence-corrected chi connectivity index (χ3v) is 3.28. The molecular formula is C11H12BrFO. The van der Waals surface area contributed by atoms with Crippen LogP contribution in [0.3, 0.4) is 0 Å². The van der Waals surface area contributed by atoms with Gasteiger partial charge in [-0.25, -0.2) is 4.39 Å². The maximum absolute atomic E-state index is 13.4. The first kappa shape index (κ1) is 10.1. The fraction of sp³-hybridized carbons (Fsp3) is 0.455. The van der Waals surface area contributed by atoms with Crippen molar-refractivity contribution in [3.63, 3.8) is 0 Å². The Balaban J connectivity index is 2.19. The Bertz CT molecular complexity index is 316. The van der Waals surface area contributed by atoms with Gasteiger partial charge in [-0.2, -0.15) is 0 Å². The van der Waals surface area contributed by atoms with E-state index in [4.69, 9.17) is 0 Å². The molecule has 1 N–H and O–H groups in total. The molecule has 0 bridgehead atoms. The lowest BCUT2D eigenvalue weighted by atomic mass is 10.0. The van der Waals surface area contributed by atoms with Gasteiger partial charge in [0.05, 0.1) is 6.10 Å². The highest BCUT2D eigenvalue weighted by atomic mass is 79.9. The molecule has 1 aliphatic rings. The molecule has 1 unspecified atom stereocenters. The lowest BCUT2D eigenvalue weighted by molar-refractivity contribution is 0.155. The van der Waals surface area contributed by atoms with Crippen LogP contribution in [0.2, 0.25) is 0 Å². The van der Waals surface area contributed by atoms with Crippen molar-refractivity contribution in [1.29, 1.82) is 0 Å². The third-order valence-electron chi connectivity index (χ3n) is 2.59. The molecular weight excluding hydrogens is 247 g/mol. The van der Waals surface area contributed by atoms with E-state index < -0.39 is 6.10 Å². The Kier molecular flexibility index (Phi) is 2.88. The molecule has 76 valence electrons. The van der Waals surface area contributed by atoms with Gasteiger partial charge >= 0.3 is 0 Å². The van der Waals surface area contributed by atoms with Crippen molar-refractivity contribution in [3.05, 3.63) is 34.1 Å². The first-order valence-electron chi connectivity index (χ1n) is 4.80. The van der Waals surface area contributed by atoms with Crippen LogP contribution in [0.15, 0.2) is 22.7 Å². The second kappa shape index (κ2) is 3.99. The quantitative estimate of drug-likeness (QED) is 0.881. The lowest BCUT2D eigenvalue weighted by Crippen LogP contribution is -2.02. The number of rotatable bonds is 3. The lowest BCUT2D eigenvalue weighted by Gasteiger charge is -2.12. The average molecular weight is 259 g/mol. The van der Waals surface area contributed by atoms with Crippen LogP contribution in [0.1, 0.15) is 30.9 Å². The van der Waals surface area contributed by atoms with E-state index in [-0.39, 0.29) is 5.82 Å². The molecule has 1 nitrogen and oxygen atoms in total. The van der Waals surface area contributed by atoms with Crippen LogP contribution in [0.4, 0.5) is 4.39 Å². The number of aliphatic hydroxyl groups is 1. The van der Waals surface area contributed by atoms with Crippen LogP contribution < -0.4 is 0 Å². The summed E-state index contributed by atoms with van der Waals surface area (Å²) in [6.45, 7) is 0. The number of aliphatic hydroxyl groups excluding tert-OH is 1. The maximum Gasteiger partial charge on any atom is 0.130 e. The first-order valence-corrected chi connectivity index (χ1v) is 5.59. The molecule has 1 fully saturated rings. The van der Waals surface area contributed by atoms with Gasteiger partial charge in [0.1, 0.15) is 5.82 Å². The molecule has 14 heavy (non-hydrogen) atoms. The second-order valence-corrected chi connectivity index (χ2v) is 4.68. The molecule has 1 aromatic rings. The zero-order valence-corrected chi connectivity index (χ0v) is 9.30. The molecule has 2 rings (SSSR count). The van der Waals surface area contributed by atoms with Crippen molar-refractivity contribution in [3.8, 4) is 0 Å². The minimum absolute atomic E-state index is 0.326. The van der Waals surface area contributed by atoms with E-state index in [9.17, 15) is 9.50 Å². The van der Waals surface area contributed by atoms with E-state index in [0.29, 0.717) is 22.4 Å². The molecule has 0 spiro atoms. The summed E-state index contributed by atoms with van der Waals surface area (Å²) in [7, 11) is 0. The van der Waals surface area contributed by atoms with Gasteiger partial charge < -0.3 is 5.11 Å². The summed E-state index contributed by atoms with van der Waals surface area (Å²) in [5.74, 6) is 0.268. The number of hydrogen-bond donors (Lipinski definition) is 1. The third kappa shape index (κ3) is 2.15. The Hall–Kier alpha value is -0.410. The largest absolute Gasteiger partial charge is 0.388 e. The van der Waals surface area contributed by atoms with E-state index in [0.717, 1.165) is 0 Å². The van der Waals surface area contributed by atoms with Crippen molar-refractivity contribution in [1.82, 2.24) is 0 Å². The topological polar surface area (TPSA) is 20.2 Å². The van der Waals surface area contributed by atoms with E-state index in [2.05, 4.69) is 15.9 Å². The van der Waals surface area contributed by atoms with Crippen LogP contribution >= 0.6 is 15.9 Å². The van der Waals surface area contributed by atoms with E-state index >= 15 is 0 Å². The summed E-state index contributed by atoms with van der Waals surface area (Å²) in [4.78, 5) is 0. The Morgan fingerprint density at radius 1 is 1.50 bits per heavy atom. The SMILES string of the molecule is OC(CC1CC1)c1c(F)cccc1Br. The molecule has 0 saturated heterocycles. The highest BCUT2D eigenvalue weighted by Gasteiger charge is 2.27. The monoisotopic (exact) mass is 258 g/mol. The molecule has 1 aliphatic carbocycles. The van der Waals surface area contributed by atoms with Crippen molar-refractivity contribution in [2.45, 2.75) is 25.4 Å². The summed E-state index contributed by atoms with van der Waals surface area (Å²) in [5, 5.41) is 9.82. The Morgan fingerprint density at radius 2 is 2.21 bits per heavy atom. The van der Waals surface area contributed by atoms with Gasteiger partial charge in [0.25, 0.3) is 0 Å². The van der Waals surface area contributed by atoms with Crippen molar-refractivity contribution in [2.24, 2.45) is 5.92 Å². The van der Waals surface area contributed by atoms with Crippen LogP contribution in [0.5, 0.6) is 0 Å². The number of benzene rings is 1. The maximum atomic E-state index is 13.4. The standard InChI is InChI=1S/C11H12BrFO/c12-8-2-1-3-9(13)11(8)10(14)6-7-4-5-7/h1-3,7,10,14H,4-6H2. The second-order valence-electron chi connectivity index (χ2n) is 3.83. The van der Waals surface area contributed by atoms with Gasteiger partial charge in [0, 0.05) is 10.0 Å². The van der Waals surface area contributed by atoms with Gasteiger partial charge in [0.2, 0.25) is 0 Å². The van der Waals surface area contributed by atoms with E-state index in [1.807, 2.05) is 0 Å². The highest BCUT2D eigenvalue weighted by Crippen LogP contribution is 2.39. The van der Waals surface area contributed by atoms with Crippen molar-refractivity contribution >= 4 is 15.9 Å². The number of hydrogen-bond acceptors (Lipinski definition) is 1. The summed E-state index contributed by atoms with van der Waals surface area (Å²) in [6, 6.07) is 4.78. The summed E-state index contributed by atoms with van der Waals surface area (Å²) in [5.41, 5.74) is 0.402. The van der Waals surface area contributed by atoms with Gasteiger partial charge in [-0.3, -0.25) is 0 Å². The normalized spacial score (nSPS) is 18.2. The molecule has 0 heterocycles. The fourth-order valence-electron chi connectivity index (χ4n) is 1.62. The molecule has 0 aliphatic heterocycles. The van der Waals surface area contributed by atoms with Crippen molar-refractivity contribution < 1.29 is 9.50 Å². The van der Waals surface area contributed by atoms with Gasteiger partial charge in [-0.1, -0.05) is 34.8 Å². The highest BCUT2D eigenvalue weighted by molar-refractivity contribution is 9.10. The van der Waals surface area contributed by atoms with E-state index in [1.165, 1.54) is 18.9 Å². The van der Waals surface area contributed by atoms with Gasteiger partial charge in [-0.15, -0.1) is 0 Å². The molecule has 1 saturated carbocycles. The predicted octanol–water partition coefficient (Wildman–Crippen LogP) is 3.42.